The molecule has 5 nitrogen and oxygen atoms in total. The van der Waals surface area contributed by atoms with E-state index < -0.39 is 0 Å². The van der Waals surface area contributed by atoms with Gasteiger partial charge < -0.3 is 0 Å². The van der Waals surface area contributed by atoms with Gasteiger partial charge in [-0.2, -0.15) is 20.4 Å². The molecule has 2 saturated carbocycles. The third-order valence-corrected chi connectivity index (χ3v) is 9.76. The van der Waals surface area contributed by atoms with E-state index in [1.165, 1.54) is 103 Å². The highest BCUT2D eigenvalue weighted by atomic mass is 16.1. The Morgan fingerprint density at radius 2 is 1.02 bits per heavy atom. The Balaban J connectivity index is 1.11. The minimum atomic E-state index is 0.263. The van der Waals surface area contributed by atoms with Crippen LogP contribution < -0.4 is 0 Å². The first kappa shape index (κ1) is 30.8. The van der Waals surface area contributed by atoms with Crippen LogP contribution in [0, 0.1) is 11.8 Å². The highest BCUT2D eigenvalue weighted by Gasteiger charge is 2.24. The number of rotatable bonds is 16. The third kappa shape index (κ3) is 10.0. The normalized spacial score (nSPS) is 23.2. The molecular formula is C35H54N4O. The van der Waals surface area contributed by atoms with E-state index >= 15 is 0 Å². The summed E-state index contributed by atoms with van der Waals surface area (Å²) in [5, 5.41) is 18.1. The molecular weight excluding hydrogens is 492 g/mol. The molecule has 0 amide bonds. The van der Waals surface area contributed by atoms with Gasteiger partial charge in [0.1, 0.15) is 5.78 Å². The second-order valence-electron chi connectivity index (χ2n) is 12.9. The molecule has 2 aromatic rings. The molecule has 2 aliphatic rings. The molecule has 40 heavy (non-hydrogen) atoms. The molecule has 2 aliphatic carbocycles. The predicted octanol–water partition coefficient (Wildman–Crippen LogP) is 9.11. The zero-order valence-electron chi connectivity index (χ0n) is 25.5. The lowest BCUT2D eigenvalue weighted by Crippen LogP contribution is -2.15. The van der Waals surface area contributed by atoms with Crippen LogP contribution in [0.4, 0.5) is 0 Å². The number of carbonyl (C=O) groups is 1. The number of aromatic nitrogens is 4. The number of carbonyl (C=O) groups excluding carboxylic acids is 1. The molecule has 0 saturated heterocycles. The van der Waals surface area contributed by atoms with Crippen molar-refractivity contribution in [2.75, 3.05) is 0 Å². The Bertz CT molecular complexity index is 894. The minimum absolute atomic E-state index is 0.263. The van der Waals surface area contributed by atoms with E-state index in [4.69, 9.17) is 0 Å². The van der Waals surface area contributed by atoms with Crippen LogP contribution in [0.5, 0.6) is 0 Å². The molecule has 5 heteroatoms. The Labute approximate surface area is 243 Å². The fourth-order valence-electron chi connectivity index (χ4n) is 6.96. The van der Waals surface area contributed by atoms with Gasteiger partial charge in [-0.15, -0.1) is 0 Å². The van der Waals surface area contributed by atoms with Crippen LogP contribution in [-0.2, 0) is 17.6 Å². The summed E-state index contributed by atoms with van der Waals surface area (Å²) in [4.78, 5) is 12.6. The van der Waals surface area contributed by atoms with E-state index in [0.29, 0.717) is 37.5 Å². The van der Waals surface area contributed by atoms with Gasteiger partial charge >= 0.3 is 0 Å². The molecule has 0 bridgehead atoms. The Morgan fingerprint density at radius 3 is 1.38 bits per heavy atom. The maximum Gasteiger partial charge on any atom is 0.133 e. The molecule has 2 heterocycles. The van der Waals surface area contributed by atoms with Crippen molar-refractivity contribution in [2.24, 2.45) is 11.8 Å². The molecule has 0 aliphatic heterocycles. The summed E-state index contributed by atoms with van der Waals surface area (Å²) in [5.41, 5.74) is 4.14. The molecule has 0 atom stereocenters. The summed E-state index contributed by atoms with van der Waals surface area (Å²) in [6.45, 7) is 4.56. The summed E-state index contributed by atoms with van der Waals surface area (Å²) in [6.07, 6.45) is 23.6. The fourth-order valence-corrected chi connectivity index (χ4v) is 6.96. The summed E-state index contributed by atoms with van der Waals surface area (Å²) in [7, 11) is 0. The average Bonchev–Trinajstić information content (AvgIpc) is 3.00. The van der Waals surface area contributed by atoms with Crippen LogP contribution in [0.25, 0.3) is 0 Å². The maximum atomic E-state index is 12.6. The van der Waals surface area contributed by atoms with Crippen molar-refractivity contribution >= 4 is 5.78 Å². The largest absolute Gasteiger partial charge is 0.300 e. The van der Waals surface area contributed by atoms with Gasteiger partial charge in [0.2, 0.25) is 0 Å². The van der Waals surface area contributed by atoms with E-state index in [1.54, 1.807) is 0 Å². The molecule has 0 radical (unpaired) electrons. The number of unbranched alkanes of at least 4 members (excludes halogenated alkanes) is 4. The van der Waals surface area contributed by atoms with Gasteiger partial charge in [0.25, 0.3) is 0 Å². The van der Waals surface area contributed by atoms with Crippen LogP contribution >= 0.6 is 0 Å². The van der Waals surface area contributed by atoms with Gasteiger partial charge in [0.05, 0.1) is 22.8 Å². The molecule has 0 aromatic carbocycles. The van der Waals surface area contributed by atoms with Crippen molar-refractivity contribution in [3.8, 4) is 0 Å². The van der Waals surface area contributed by atoms with Gasteiger partial charge in [0, 0.05) is 24.7 Å². The molecule has 4 rings (SSSR count). The number of Topliss-reactive ketones (excluding diaryl/α,β-unsaturated/α-hetero) is 1. The van der Waals surface area contributed by atoms with Gasteiger partial charge in [-0.05, 0) is 100 Å². The number of nitrogens with zero attached hydrogens (tertiary/aromatic N) is 4. The second kappa shape index (κ2) is 16.9. The standard InChI is InChI=1S/C35H54N4O/c1-3-5-7-9-27-11-15-29(16-12-27)34-25-21-31(36-38-34)19-23-33(40)24-20-32-22-26-35(39-37-32)30-17-13-28(14-18-30)10-8-6-4-2/h21-22,25-30H,3-20,23-24H2,1-2H3/t27-,28?,29-,30?. The monoisotopic (exact) mass is 546 g/mol. The SMILES string of the molecule is CCCCCC1CCC(c2ccc(CCC(=O)CCc3ccc([C@H]4CC[C@H](CCCCC)CC4)nn3)nn2)CC1. The van der Waals surface area contributed by atoms with E-state index in [-0.39, 0.29) is 5.78 Å². The Kier molecular flexibility index (Phi) is 13.0. The second-order valence-corrected chi connectivity index (χ2v) is 12.9. The highest BCUT2D eigenvalue weighted by Crippen LogP contribution is 2.38. The van der Waals surface area contributed by atoms with E-state index in [1.807, 2.05) is 0 Å². The molecule has 2 aromatic heterocycles. The smallest absolute Gasteiger partial charge is 0.133 e. The number of ketones is 1. The zero-order chi connectivity index (χ0) is 28.0. The van der Waals surface area contributed by atoms with Crippen molar-refractivity contribution in [3.63, 3.8) is 0 Å². The molecule has 0 spiro atoms. The first-order valence-electron chi connectivity index (χ1n) is 16.8. The van der Waals surface area contributed by atoms with Crippen molar-refractivity contribution in [1.82, 2.24) is 20.4 Å². The average molecular weight is 547 g/mol. The van der Waals surface area contributed by atoms with Crippen LogP contribution in [-0.4, -0.2) is 26.2 Å². The fraction of sp³-hybridized carbons (Fsp3) is 0.743. The Morgan fingerprint density at radius 1 is 0.600 bits per heavy atom. The van der Waals surface area contributed by atoms with Gasteiger partial charge in [0.15, 0.2) is 0 Å². The summed E-state index contributed by atoms with van der Waals surface area (Å²) >= 11 is 0. The first-order valence-corrected chi connectivity index (χ1v) is 16.8. The molecule has 2 fully saturated rings. The lowest BCUT2D eigenvalue weighted by Gasteiger charge is -2.28. The van der Waals surface area contributed by atoms with E-state index in [2.05, 4.69) is 58.5 Å². The summed E-state index contributed by atoms with van der Waals surface area (Å²) in [6, 6.07) is 8.49. The van der Waals surface area contributed by atoms with Crippen LogP contribution in [0.1, 0.15) is 164 Å². The quantitative estimate of drug-likeness (QED) is 0.196. The predicted molar refractivity (Wildman–Crippen MR) is 163 cm³/mol. The van der Waals surface area contributed by atoms with E-state index in [9.17, 15) is 4.79 Å². The summed E-state index contributed by atoms with van der Waals surface area (Å²) < 4.78 is 0. The summed E-state index contributed by atoms with van der Waals surface area (Å²) in [5.74, 6) is 3.21. The van der Waals surface area contributed by atoms with Crippen LogP contribution in [0.2, 0.25) is 0 Å². The lowest BCUT2D eigenvalue weighted by molar-refractivity contribution is -0.119. The highest BCUT2D eigenvalue weighted by molar-refractivity contribution is 5.78. The van der Waals surface area contributed by atoms with Gasteiger partial charge in [-0.1, -0.05) is 65.2 Å². The first-order chi connectivity index (χ1) is 19.6. The Hall–Kier alpha value is -2.17. The van der Waals surface area contributed by atoms with E-state index in [0.717, 1.165) is 34.6 Å². The number of hydrogen-bond acceptors (Lipinski definition) is 5. The topological polar surface area (TPSA) is 68.6 Å². The van der Waals surface area contributed by atoms with Crippen molar-refractivity contribution in [3.05, 3.63) is 47.0 Å². The third-order valence-electron chi connectivity index (χ3n) is 9.76. The van der Waals surface area contributed by atoms with Crippen LogP contribution in [0.15, 0.2) is 24.3 Å². The van der Waals surface area contributed by atoms with Crippen molar-refractivity contribution in [2.45, 2.75) is 154 Å². The number of aryl methyl sites for hydroxylation is 2. The minimum Gasteiger partial charge on any atom is -0.300 e. The maximum absolute atomic E-state index is 12.6. The van der Waals surface area contributed by atoms with Crippen molar-refractivity contribution in [1.29, 1.82) is 0 Å². The molecule has 0 N–H and O–H groups in total. The van der Waals surface area contributed by atoms with Crippen LogP contribution in [0.3, 0.4) is 0 Å². The molecule has 220 valence electrons. The van der Waals surface area contributed by atoms with Crippen molar-refractivity contribution < 1.29 is 4.79 Å². The zero-order valence-corrected chi connectivity index (χ0v) is 25.5. The number of hydrogen-bond donors (Lipinski definition) is 0. The lowest BCUT2D eigenvalue weighted by atomic mass is 9.78. The van der Waals surface area contributed by atoms with Gasteiger partial charge in [-0.3, -0.25) is 4.79 Å². The molecule has 0 unspecified atom stereocenters. The van der Waals surface area contributed by atoms with Gasteiger partial charge in [-0.25, -0.2) is 0 Å².